The highest BCUT2D eigenvalue weighted by Crippen LogP contribution is 2.50. The van der Waals surface area contributed by atoms with Crippen molar-refractivity contribution in [1.29, 1.82) is 5.26 Å². The largest absolute Gasteiger partial charge is 0.304 e. The highest BCUT2D eigenvalue weighted by Gasteiger charge is 2.55. The lowest BCUT2D eigenvalue weighted by molar-refractivity contribution is -0.130. The first-order valence-corrected chi connectivity index (χ1v) is 11.1. The molecule has 0 aliphatic carbocycles. The number of halogens is 1. The number of carbonyl (C=O) groups is 1. The summed E-state index contributed by atoms with van der Waals surface area (Å²) in [5.41, 5.74) is 1.13. The van der Waals surface area contributed by atoms with E-state index in [2.05, 4.69) is 22.0 Å². The van der Waals surface area contributed by atoms with Crippen molar-refractivity contribution in [2.75, 3.05) is 17.6 Å². The molecular formula is C22H21BrN2OS. The van der Waals surface area contributed by atoms with Crippen molar-refractivity contribution < 1.29 is 4.79 Å². The maximum Gasteiger partial charge on any atom is 0.247 e. The molecule has 2 aromatic carbocycles. The van der Waals surface area contributed by atoms with Gasteiger partial charge in [-0.3, -0.25) is 4.79 Å². The van der Waals surface area contributed by atoms with E-state index in [1.807, 2.05) is 72.5 Å². The number of hydrogen-bond acceptors (Lipinski definition) is 3. The zero-order chi connectivity index (χ0) is 19.3. The number of alkyl halides is 1. The van der Waals surface area contributed by atoms with Gasteiger partial charge in [-0.15, -0.1) is 11.8 Å². The summed E-state index contributed by atoms with van der Waals surface area (Å²) in [5, 5.41) is 11.8. The van der Waals surface area contributed by atoms with Crippen molar-refractivity contribution >= 4 is 33.6 Å². The highest BCUT2D eigenvalue weighted by molar-refractivity contribution is 9.09. The summed E-state index contributed by atoms with van der Waals surface area (Å²) in [7, 11) is 0. The first kappa shape index (κ1) is 19.7. The molecule has 0 saturated carbocycles. The first-order valence-electron chi connectivity index (χ1n) is 8.98. The lowest BCUT2D eigenvalue weighted by Crippen LogP contribution is -2.42. The quantitative estimate of drug-likeness (QED) is 0.563. The molecule has 0 spiro atoms. The second-order valence-electron chi connectivity index (χ2n) is 6.21. The van der Waals surface area contributed by atoms with E-state index >= 15 is 0 Å². The summed E-state index contributed by atoms with van der Waals surface area (Å²) >= 11 is 5.03. The number of nitriles is 1. The van der Waals surface area contributed by atoms with Crippen molar-refractivity contribution in [1.82, 2.24) is 4.90 Å². The molecule has 27 heavy (non-hydrogen) atoms. The first-order chi connectivity index (χ1) is 13.2. The molecule has 2 aromatic rings. The van der Waals surface area contributed by atoms with Gasteiger partial charge >= 0.3 is 0 Å². The van der Waals surface area contributed by atoms with Crippen molar-refractivity contribution in [2.45, 2.75) is 18.8 Å². The van der Waals surface area contributed by atoms with Gasteiger partial charge in [0.05, 0.1) is 16.7 Å². The topological polar surface area (TPSA) is 44.1 Å². The Bertz CT molecular complexity index is 835. The van der Waals surface area contributed by atoms with Gasteiger partial charge in [-0.05, 0) is 23.3 Å². The molecule has 0 N–H and O–H groups in total. The van der Waals surface area contributed by atoms with Crippen LogP contribution < -0.4 is 0 Å². The molecule has 0 atom stereocenters. The lowest BCUT2D eigenvalue weighted by Gasteiger charge is -2.30. The van der Waals surface area contributed by atoms with Gasteiger partial charge in [-0.2, -0.15) is 5.26 Å². The molecule has 138 valence electrons. The second-order valence-corrected chi connectivity index (χ2v) is 8.25. The molecule has 0 saturated heterocycles. The van der Waals surface area contributed by atoms with Crippen LogP contribution in [0, 0.1) is 11.3 Å². The Morgan fingerprint density at radius 2 is 1.63 bits per heavy atom. The molecule has 0 radical (unpaired) electrons. The summed E-state index contributed by atoms with van der Waals surface area (Å²) in [4.78, 5) is 15.7. The predicted octanol–water partition coefficient (Wildman–Crippen LogP) is 5.09. The fourth-order valence-corrected chi connectivity index (χ4v) is 4.81. The minimum absolute atomic E-state index is 0.0339. The number of amides is 1. The highest BCUT2D eigenvalue weighted by atomic mass is 79.9. The summed E-state index contributed by atoms with van der Waals surface area (Å²) < 4.78 is 0. The monoisotopic (exact) mass is 440 g/mol. The van der Waals surface area contributed by atoms with Crippen LogP contribution in [-0.2, 0) is 10.2 Å². The molecule has 3 rings (SSSR count). The van der Waals surface area contributed by atoms with Crippen molar-refractivity contribution in [3.8, 4) is 6.07 Å². The number of carbonyl (C=O) groups excluding carboxylic acids is 1. The van der Waals surface area contributed by atoms with Crippen LogP contribution in [0.5, 0.6) is 0 Å². The number of benzene rings is 2. The molecular weight excluding hydrogens is 420 g/mol. The molecule has 0 bridgehead atoms. The van der Waals surface area contributed by atoms with E-state index in [1.54, 1.807) is 11.8 Å². The van der Waals surface area contributed by atoms with E-state index in [1.165, 1.54) is 0 Å². The molecule has 5 heteroatoms. The lowest BCUT2D eigenvalue weighted by atomic mass is 9.70. The molecule has 0 aromatic heterocycles. The SMILES string of the molecule is CCSC1=C(C#N)C(c2ccccc2)(c2ccccc2)C(=O)N1CCCBr. The third-order valence-electron chi connectivity index (χ3n) is 4.72. The summed E-state index contributed by atoms with van der Waals surface area (Å²) in [6, 6.07) is 21.8. The Labute approximate surface area is 173 Å². The van der Waals surface area contributed by atoms with Crippen molar-refractivity contribution in [3.05, 3.63) is 82.4 Å². The van der Waals surface area contributed by atoms with Gasteiger partial charge in [0.25, 0.3) is 0 Å². The Morgan fingerprint density at radius 3 is 2.07 bits per heavy atom. The van der Waals surface area contributed by atoms with Gasteiger partial charge in [0.15, 0.2) is 0 Å². The minimum atomic E-state index is -1.08. The van der Waals surface area contributed by atoms with E-state index < -0.39 is 5.41 Å². The maximum absolute atomic E-state index is 13.9. The fraction of sp³-hybridized carbons (Fsp3) is 0.273. The molecule has 1 aliphatic heterocycles. The van der Waals surface area contributed by atoms with Crippen LogP contribution in [0.25, 0.3) is 0 Å². The molecule has 1 amide bonds. The Morgan fingerprint density at radius 1 is 1.07 bits per heavy atom. The zero-order valence-corrected chi connectivity index (χ0v) is 17.6. The maximum atomic E-state index is 13.9. The van der Waals surface area contributed by atoms with E-state index in [0.29, 0.717) is 12.1 Å². The van der Waals surface area contributed by atoms with Crippen LogP contribution in [0.2, 0.25) is 0 Å². The number of hydrogen-bond donors (Lipinski definition) is 0. The van der Waals surface area contributed by atoms with Crippen LogP contribution in [0.3, 0.4) is 0 Å². The third kappa shape index (κ3) is 3.33. The average Bonchev–Trinajstić information content (AvgIpc) is 2.96. The fourth-order valence-electron chi connectivity index (χ4n) is 3.62. The Hall–Kier alpha value is -2.03. The Kier molecular flexibility index (Phi) is 6.41. The van der Waals surface area contributed by atoms with Gasteiger partial charge in [0, 0.05) is 11.9 Å². The summed E-state index contributed by atoms with van der Waals surface area (Å²) in [6.45, 7) is 2.64. The smallest absolute Gasteiger partial charge is 0.247 e. The summed E-state index contributed by atoms with van der Waals surface area (Å²) in [6.07, 6.45) is 0.831. The number of nitrogens with zero attached hydrogens (tertiary/aromatic N) is 2. The van der Waals surface area contributed by atoms with Crippen LogP contribution in [0.15, 0.2) is 71.3 Å². The zero-order valence-electron chi connectivity index (χ0n) is 15.2. The molecule has 1 aliphatic rings. The van der Waals surface area contributed by atoms with E-state index in [0.717, 1.165) is 33.7 Å². The van der Waals surface area contributed by atoms with Gasteiger partial charge in [0.2, 0.25) is 5.91 Å². The van der Waals surface area contributed by atoms with E-state index in [-0.39, 0.29) is 5.91 Å². The van der Waals surface area contributed by atoms with E-state index in [4.69, 9.17) is 0 Å². The van der Waals surface area contributed by atoms with Gasteiger partial charge < -0.3 is 4.90 Å². The van der Waals surface area contributed by atoms with Crippen LogP contribution in [-0.4, -0.2) is 28.4 Å². The molecule has 1 heterocycles. The third-order valence-corrected chi connectivity index (χ3v) is 6.27. The predicted molar refractivity (Wildman–Crippen MR) is 115 cm³/mol. The van der Waals surface area contributed by atoms with Gasteiger partial charge in [0.1, 0.15) is 5.41 Å². The minimum Gasteiger partial charge on any atom is -0.304 e. The molecule has 3 nitrogen and oxygen atoms in total. The number of rotatable bonds is 7. The van der Waals surface area contributed by atoms with Gasteiger partial charge in [-0.25, -0.2) is 0 Å². The van der Waals surface area contributed by atoms with Crippen LogP contribution >= 0.6 is 27.7 Å². The second kappa shape index (κ2) is 8.77. The summed E-state index contributed by atoms with van der Waals surface area (Å²) in [5.74, 6) is 0.770. The van der Waals surface area contributed by atoms with Crippen LogP contribution in [0.1, 0.15) is 24.5 Å². The normalized spacial score (nSPS) is 15.9. The number of thioether (sulfide) groups is 1. The van der Waals surface area contributed by atoms with Gasteiger partial charge in [-0.1, -0.05) is 83.5 Å². The van der Waals surface area contributed by atoms with Crippen LogP contribution in [0.4, 0.5) is 0 Å². The standard InChI is InChI=1S/C22H21BrN2OS/c1-2-27-20-19(16-24)22(17-10-5-3-6-11-17,18-12-7-4-8-13-18)21(26)25(20)15-9-14-23/h3-8,10-13H,2,9,14-15H2,1H3. The Balaban J connectivity index is 2.32. The molecule has 0 unspecified atom stereocenters. The average molecular weight is 441 g/mol. The van der Waals surface area contributed by atoms with Crippen molar-refractivity contribution in [2.24, 2.45) is 0 Å². The van der Waals surface area contributed by atoms with E-state index in [9.17, 15) is 10.1 Å². The molecule has 0 fully saturated rings. The van der Waals surface area contributed by atoms with Crippen molar-refractivity contribution in [3.63, 3.8) is 0 Å².